The second-order valence-electron chi connectivity index (χ2n) is 5.63. The largest absolute Gasteiger partial charge is 0.389 e. The summed E-state index contributed by atoms with van der Waals surface area (Å²) in [4.78, 5) is 12.1. The van der Waals surface area contributed by atoms with E-state index in [4.69, 9.17) is 5.73 Å². The highest BCUT2D eigenvalue weighted by molar-refractivity contribution is 5.98. The molecule has 1 amide bonds. The number of hydrogen-bond donors (Lipinski definition) is 2. The van der Waals surface area contributed by atoms with Gasteiger partial charge >= 0.3 is 6.18 Å². The van der Waals surface area contributed by atoms with Crippen molar-refractivity contribution in [3.63, 3.8) is 0 Å². The Bertz CT molecular complexity index is 514. The highest BCUT2D eigenvalue weighted by Crippen LogP contribution is 2.29. The zero-order chi connectivity index (χ0) is 15.5. The average Bonchev–Trinajstić information content (AvgIpc) is 2.84. The first-order valence-electron chi connectivity index (χ1n) is 7.05. The standard InChI is InChI=1S/C15H19F3N2O.ClH/c16-15(17,18)9-6-11-4-3-5-12(10-11)20-13(21)14(19)7-1-2-8-14;/h3-5,10H,1-2,6-9,19H2,(H,20,21);1H. The van der Waals surface area contributed by atoms with E-state index in [2.05, 4.69) is 5.32 Å². The molecule has 1 fully saturated rings. The van der Waals surface area contributed by atoms with Gasteiger partial charge in [0.1, 0.15) is 0 Å². The Morgan fingerprint density at radius 3 is 2.50 bits per heavy atom. The fourth-order valence-electron chi connectivity index (χ4n) is 2.58. The van der Waals surface area contributed by atoms with Crippen LogP contribution < -0.4 is 11.1 Å². The lowest BCUT2D eigenvalue weighted by Gasteiger charge is -2.22. The minimum atomic E-state index is -4.18. The molecule has 1 aliphatic rings. The quantitative estimate of drug-likeness (QED) is 0.878. The molecule has 3 nitrogen and oxygen atoms in total. The number of aryl methyl sites for hydroxylation is 1. The molecule has 2 rings (SSSR count). The predicted molar refractivity (Wildman–Crippen MR) is 82.1 cm³/mol. The van der Waals surface area contributed by atoms with Crippen LogP contribution in [0, 0.1) is 0 Å². The Labute approximate surface area is 133 Å². The molecule has 0 radical (unpaired) electrons. The number of carbonyl (C=O) groups excluding carboxylic acids is 1. The van der Waals surface area contributed by atoms with Crippen molar-refractivity contribution in [2.75, 3.05) is 5.32 Å². The second kappa shape index (κ2) is 7.33. The van der Waals surface area contributed by atoms with Gasteiger partial charge in [0, 0.05) is 12.1 Å². The Balaban J connectivity index is 0.00000242. The van der Waals surface area contributed by atoms with Crippen molar-refractivity contribution in [1.29, 1.82) is 0 Å². The van der Waals surface area contributed by atoms with Crippen LogP contribution in [0.2, 0.25) is 0 Å². The van der Waals surface area contributed by atoms with Crippen LogP contribution in [0.1, 0.15) is 37.7 Å². The Hall–Kier alpha value is -1.27. The smallest absolute Gasteiger partial charge is 0.324 e. The van der Waals surface area contributed by atoms with Crippen molar-refractivity contribution in [2.45, 2.75) is 50.2 Å². The maximum Gasteiger partial charge on any atom is 0.389 e. The van der Waals surface area contributed by atoms with Crippen LogP contribution in [-0.4, -0.2) is 17.6 Å². The number of rotatable bonds is 4. The summed E-state index contributed by atoms with van der Waals surface area (Å²) in [6, 6.07) is 6.49. The Morgan fingerprint density at radius 1 is 1.27 bits per heavy atom. The van der Waals surface area contributed by atoms with Gasteiger partial charge in [-0.3, -0.25) is 4.79 Å². The number of hydrogen-bond acceptors (Lipinski definition) is 2. The van der Waals surface area contributed by atoms with E-state index in [1.54, 1.807) is 24.3 Å². The molecule has 0 bridgehead atoms. The van der Waals surface area contributed by atoms with Gasteiger partial charge in [0.15, 0.2) is 0 Å². The number of carbonyl (C=O) groups is 1. The summed E-state index contributed by atoms with van der Waals surface area (Å²) in [5.74, 6) is -0.257. The van der Waals surface area contributed by atoms with Crippen LogP contribution in [0.4, 0.5) is 18.9 Å². The van der Waals surface area contributed by atoms with E-state index in [1.165, 1.54) is 0 Å². The van der Waals surface area contributed by atoms with E-state index in [-0.39, 0.29) is 24.7 Å². The SMILES string of the molecule is Cl.NC1(C(=O)Nc2cccc(CCC(F)(F)F)c2)CCCC1. The fourth-order valence-corrected chi connectivity index (χ4v) is 2.58. The molecule has 0 saturated heterocycles. The van der Waals surface area contributed by atoms with Crippen molar-refractivity contribution in [3.8, 4) is 0 Å². The van der Waals surface area contributed by atoms with Crippen LogP contribution >= 0.6 is 12.4 Å². The highest BCUT2D eigenvalue weighted by Gasteiger charge is 2.37. The van der Waals surface area contributed by atoms with Crippen molar-refractivity contribution >= 4 is 24.0 Å². The molecule has 1 aromatic rings. The van der Waals surface area contributed by atoms with Gasteiger partial charge in [0.2, 0.25) is 5.91 Å². The number of benzene rings is 1. The summed E-state index contributed by atoms with van der Waals surface area (Å²) in [7, 11) is 0. The van der Waals surface area contributed by atoms with Gasteiger partial charge in [-0.2, -0.15) is 13.2 Å². The van der Waals surface area contributed by atoms with Crippen LogP contribution in [0.25, 0.3) is 0 Å². The number of alkyl halides is 3. The van der Waals surface area contributed by atoms with Gasteiger partial charge in [-0.25, -0.2) is 0 Å². The van der Waals surface area contributed by atoms with Crippen LogP contribution in [-0.2, 0) is 11.2 Å². The van der Waals surface area contributed by atoms with Gasteiger partial charge in [-0.1, -0.05) is 25.0 Å². The topological polar surface area (TPSA) is 55.1 Å². The third-order valence-electron chi connectivity index (χ3n) is 3.83. The zero-order valence-corrected chi connectivity index (χ0v) is 12.9. The van der Waals surface area contributed by atoms with Gasteiger partial charge in [-0.05, 0) is 37.0 Å². The summed E-state index contributed by atoms with van der Waals surface area (Å²) in [5, 5.41) is 2.72. The molecule has 124 valence electrons. The van der Waals surface area contributed by atoms with Crippen LogP contribution in [0.5, 0.6) is 0 Å². The van der Waals surface area contributed by atoms with Crippen LogP contribution in [0.3, 0.4) is 0 Å². The van der Waals surface area contributed by atoms with Crippen molar-refractivity contribution in [3.05, 3.63) is 29.8 Å². The maximum atomic E-state index is 12.2. The molecule has 0 atom stereocenters. The zero-order valence-electron chi connectivity index (χ0n) is 12.1. The minimum absolute atomic E-state index is 0. The first kappa shape index (κ1) is 18.8. The fraction of sp³-hybridized carbons (Fsp3) is 0.533. The molecule has 1 saturated carbocycles. The van der Waals surface area contributed by atoms with Crippen molar-refractivity contribution in [2.24, 2.45) is 5.73 Å². The third-order valence-corrected chi connectivity index (χ3v) is 3.83. The van der Waals surface area contributed by atoms with Crippen molar-refractivity contribution in [1.82, 2.24) is 0 Å². The van der Waals surface area contributed by atoms with Gasteiger partial charge in [-0.15, -0.1) is 12.4 Å². The lowest BCUT2D eigenvalue weighted by molar-refractivity contribution is -0.134. The van der Waals surface area contributed by atoms with Gasteiger partial charge < -0.3 is 11.1 Å². The number of nitrogens with two attached hydrogens (primary N) is 1. The number of nitrogens with one attached hydrogen (secondary N) is 1. The van der Waals surface area contributed by atoms with E-state index in [9.17, 15) is 18.0 Å². The monoisotopic (exact) mass is 336 g/mol. The summed E-state index contributed by atoms with van der Waals surface area (Å²) < 4.78 is 36.7. The minimum Gasteiger partial charge on any atom is -0.324 e. The second-order valence-corrected chi connectivity index (χ2v) is 5.63. The molecule has 1 aliphatic carbocycles. The number of halogens is 4. The number of amides is 1. The lowest BCUT2D eigenvalue weighted by atomic mass is 9.98. The molecular weight excluding hydrogens is 317 g/mol. The van der Waals surface area contributed by atoms with E-state index >= 15 is 0 Å². The third kappa shape index (κ3) is 5.18. The summed E-state index contributed by atoms with van der Waals surface area (Å²) in [5.41, 5.74) is 6.24. The maximum absolute atomic E-state index is 12.2. The summed E-state index contributed by atoms with van der Waals surface area (Å²) in [6.45, 7) is 0. The first-order chi connectivity index (χ1) is 9.78. The molecule has 3 N–H and O–H groups in total. The van der Waals surface area contributed by atoms with Gasteiger partial charge in [0.25, 0.3) is 0 Å². The molecule has 0 aromatic heterocycles. The number of anilines is 1. The molecule has 1 aromatic carbocycles. The van der Waals surface area contributed by atoms with Gasteiger partial charge in [0.05, 0.1) is 5.54 Å². The van der Waals surface area contributed by atoms with E-state index in [1.807, 2.05) is 0 Å². The summed E-state index contributed by atoms with van der Waals surface area (Å²) >= 11 is 0. The normalized spacial score (nSPS) is 16.9. The van der Waals surface area contributed by atoms with Crippen molar-refractivity contribution < 1.29 is 18.0 Å². The lowest BCUT2D eigenvalue weighted by Crippen LogP contribution is -2.48. The molecule has 22 heavy (non-hydrogen) atoms. The van der Waals surface area contributed by atoms with Crippen LogP contribution in [0.15, 0.2) is 24.3 Å². The molecule has 7 heteroatoms. The predicted octanol–water partition coefficient (Wildman–Crippen LogP) is 3.81. The molecule has 0 spiro atoms. The molecule has 0 heterocycles. The molecular formula is C15H20ClF3N2O. The Kier molecular flexibility index (Phi) is 6.26. The first-order valence-corrected chi connectivity index (χ1v) is 7.05. The molecule has 0 aliphatic heterocycles. The Morgan fingerprint density at radius 2 is 1.91 bits per heavy atom. The average molecular weight is 337 g/mol. The van der Waals surface area contributed by atoms with E-state index in [0.29, 0.717) is 24.1 Å². The van der Waals surface area contributed by atoms with E-state index < -0.39 is 18.1 Å². The molecule has 0 unspecified atom stereocenters. The van der Waals surface area contributed by atoms with E-state index in [0.717, 1.165) is 12.8 Å². The highest BCUT2D eigenvalue weighted by atomic mass is 35.5. The summed E-state index contributed by atoms with van der Waals surface area (Å²) in [6.07, 6.45) is -2.00.